The number of hydrogen-bond donors (Lipinski definition) is 4. The van der Waals surface area contributed by atoms with Crippen LogP contribution >= 0.6 is 0 Å². The lowest BCUT2D eigenvalue weighted by atomic mass is 9.93. The second-order valence-electron chi connectivity index (χ2n) is 7.25. The van der Waals surface area contributed by atoms with Crippen LogP contribution in [-0.4, -0.2) is 42.6 Å². The van der Waals surface area contributed by atoms with E-state index in [1.54, 1.807) is 49.6 Å². The lowest BCUT2D eigenvalue weighted by Crippen LogP contribution is -2.22. The van der Waals surface area contributed by atoms with E-state index in [-0.39, 0.29) is 19.1 Å². The van der Waals surface area contributed by atoms with Crippen molar-refractivity contribution in [3.8, 4) is 11.5 Å². The Morgan fingerprint density at radius 3 is 2.33 bits per heavy atom. The number of carbonyl (C=O) groups excluding carboxylic acids is 2. The maximum Gasteiger partial charge on any atom is 0.412 e. The zero-order chi connectivity index (χ0) is 24.1. The molecule has 178 valence electrons. The number of hydrogen-bond acceptors (Lipinski definition) is 7. The molecule has 2 aromatic carbocycles. The van der Waals surface area contributed by atoms with Crippen molar-refractivity contribution in [2.45, 2.75) is 25.9 Å². The molecule has 0 heterocycles. The van der Waals surface area contributed by atoms with Crippen LogP contribution in [0.3, 0.4) is 0 Å². The third-order valence-electron chi connectivity index (χ3n) is 4.82. The average molecular weight is 459 g/mol. The number of allylic oxidation sites excluding steroid dienone is 1. The van der Waals surface area contributed by atoms with Crippen molar-refractivity contribution in [3.05, 3.63) is 66.2 Å². The summed E-state index contributed by atoms with van der Waals surface area (Å²) in [5.74, 6) is 0.581. The standard InChI is InChI=1S/C24H30N2O7/c1-17(5-3-4-6-22(28)26-30)23(18-7-11-21(12-8-18)32-16-15-27)33-24(29)25-19-9-13-20(31-2)14-10-19/h4,6-14,17,23,27,30H,3,5,15-16H2,1-2H3,(H,25,29)(H,26,28)/b6-4+/t17-,23+/m1/s1. The molecule has 2 atom stereocenters. The van der Waals surface area contributed by atoms with Crippen LogP contribution in [0.15, 0.2) is 60.7 Å². The zero-order valence-corrected chi connectivity index (χ0v) is 18.7. The number of amides is 2. The highest BCUT2D eigenvalue weighted by atomic mass is 16.6. The van der Waals surface area contributed by atoms with Crippen LogP contribution in [0.1, 0.15) is 31.4 Å². The summed E-state index contributed by atoms with van der Waals surface area (Å²) < 4.78 is 16.3. The molecule has 0 saturated carbocycles. The number of rotatable bonds is 12. The molecule has 0 aliphatic carbocycles. The number of benzene rings is 2. The van der Waals surface area contributed by atoms with Gasteiger partial charge in [0.15, 0.2) is 0 Å². The van der Waals surface area contributed by atoms with Gasteiger partial charge in [-0.05, 0) is 60.7 Å². The van der Waals surface area contributed by atoms with Gasteiger partial charge in [0.2, 0.25) is 0 Å². The Hall–Kier alpha value is -3.56. The Balaban J connectivity index is 2.10. The van der Waals surface area contributed by atoms with Crippen molar-refractivity contribution in [1.82, 2.24) is 5.48 Å². The Morgan fingerprint density at radius 2 is 1.73 bits per heavy atom. The van der Waals surface area contributed by atoms with Crippen molar-refractivity contribution >= 4 is 17.7 Å². The smallest absolute Gasteiger partial charge is 0.412 e. The molecule has 2 rings (SSSR count). The molecular formula is C24H30N2O7. The predicted octanol–water partition coefficient (Wildman–Crippen LogP) is 3.83. The van der Waals surface area contributed by atoms with Crippen LogP contribution < -0.4 is 20.3 Å². The highest BCUT2D eigenvalue weighted by Gasteiger charge is 2.23. The number of aliphatic hydroxyl groups is 1. The van der Waals surface area contributed by atoms with Crippen molar-refractivity contribution < 1.29 is 34.1 Å². The molecule has 0 unspecified atom stereocenters. The van der Waals surface area contributed by atoms with Crippen molar-refractivity contribution in [1.29, 1.82) is 0 Å². The number of carbonyl (C=O) groups is 2. The van der Waals surface area contributed by atoms with E-state index in [0.29, 0.717) is 30.0 Å². The third kappa shape index (κ3) is 8.83. The largest absolute Gasteiger partial charge is 0.497 e. The quantitative estimate of drug-likeness (QED) is 0.216. The van der Waals surface area contributed by atoms with E-state index in [0.717, 1.165) is 5.56 Å². The van der Waals surface area contributed by atoms with E-state index >= 15 is 0 Å². The Morgan fingerprint density at radius 1 is 1.06 bits per heavy atom. The number of nitrogens with one attached hydrogen (secondary N) is 2. The van der Waals surface area contributed by atoms with E-state index in [9.17, 15) is 9.59 Å². The molecule has 2 amide bonds. The average Bonchev–Trinajstić information content (AvgIpc) is 2.84. The van der Waals surface area contributed by atoms with E-state index < -0.39 is 18.1 Å². The van der Waals surface area contributed by atoms with Gasteiger partial charge in [-0.15, -0.1) is 0 Å². The van der Waals surface area contributed by atoms with Gasteiger partial charge in [-0.25, -0.2) is 10.3 Å². The molecule has 9 heteroatoms. The minimum atomic E-state index is -0.604. The van der Waals surface area contributed by atoms with Gasteiger partial charge in [0.1, 0.15) is 24.2 Å². The van der Waals surface area contributed by atoms with Crippen LogP contribution in [0.2, 0.25) is 0 Å². The van der Waals surface area contributed by atoms with Gasteiger partial charge in [-0.1, -0.05) is 25.1 Å². The van der Waals surface area contributed by atoms with E-state index in [2.05, 4.69) is 5.32 Å². The first-order valence-corrected chi connectivity index (χ1v) is 10.5. The molecule has 0 saturated heterocycles. The number of hydroxylamine groups is 1. The van der Waals surface area contributed by atoms with Crippen molar-refractivity contribution in [2.75, 3.05) is 25.6 Å². The Bertz CT molecular complexity index is 898. The summed E-state index contributed by atoms with van der Waals surface area (Å²) in [7, 11) is 1.56. The van der Waals surface area contributed by atoms with Gasteiger partial charge in [0.25, 0.3) is 5.91 Å². The van der Waals surface area contributed by atoms with Gasteiger partial charge < -0.3 is 19.3 Å². The fourth-order valence-electron chi connectivity index (χ4n) is 3.11. The van der Waals surface area contributed by atoms with Crippen LogP contribution in [-0.2, 0) is 9.53 Å². The van der Waals surface area contributed by atoms with Gasteiger partial charge >= 0.3 is 6.09 Å². The first kappa shape index (κ1) is 25.7. The first-order chi connectivity index (χ1) is 16.0. The normalized spacial score (nSPS) is 12.6. The van der Waals surface area contributed by atoms with Gasteiger partial charge in [-0.3, -0.25) is 15.3 Å². The summed E-state index contributed by atoms with van der Waals surface area (Å²) in [6.07, 6.45) is 2.89. The van der Waals surface area contributed by atoms with Crippen LogP contribution in [0.4, 0.5) is 10.5 Å². The molecule has 0 aromatic heterocycles. The number of anilines is 1. The molecule has 4 N–H and O–H groups in total. The highest BCUT2D eigenvalue weighted by Crippen LogP contribution is 2.31. The Labute approximate surface area is 192 Å². The maximum absolute atomic E-state index is 12.6. The van der Waals surface area contributed by atoms with Crippen LogP contribution in [0.5, 0.6) is 11.5 Å². The summed E-state index contributed by atoms with van der Waals surface area (Å²) in [4.78, 5) is 23.7. The fourth-order valence-corrected chi connectivity index (χ4v) is 3.11. The molecule has 2 aromatic rings. The molecule has 0 bridgehead atoms. The monoisotopic (exact) mass is 458 g/mol. The van der Waals surface area contributed by atoms with Gasteiger partial charge in [0.05, 0.1) is 13.7 Å². The summed E-state index contributed by atoms with van der Waals surface area (Å²) in [5.41, 5.74) is 2.89. The third-order valence-corrected chi connectivity index (χ3v) is 4.82. The van der Waals surface area contributed by atoms with Crippen molar-refractivity contribution in [2.24, 2.45) is 5.92 Å². The second kappa shape index (κ2) is 13.8. The summed E-state index contributed by atoms with van der Waals surface area (Å²) in [6, 6.07) is 14.0. The molecule has 0 spiro atoms. The molecule has 33 heavy (non-hydrogen) atoms. The second-order valence-corrected chi connectivity index (χ2v) is 7.25. The highest BCUT2D eigenvalue weighted by molar-refractivity contribution is 5.86. The topological polar surface area (TPSA) is 126 Å². The molecule has 0 radical (unpaired) electrons. The molecule has 0 aliphatic rings. The zero-order valence-electron chi connectivity index (χ0n) is 18.7. The lowest BCUT2D eigenvalue weighted by molar-refractivity contribution is -0.124. The predicted molar refractivity (Wildman–Crippen MR) is 122 cm³/mol. The van der Waals surface area contributed by atoms with Gasteiger partial charge in [0, 0.05) is 11.8 Å². The summed E-state index contributed by atoms with van der Waals surface area (Å²) >= 11 is 0. The molecule has 0 fully saturated rings. The minimum Gasteiger partial charge on any atom is -0.497 e. The number of aliphatic hydroxyl groups excluding tert-OH is 1. The van der Waals surface area contributed by atoms with Crippen LogP contribution in [0, 0.1) is 5.92 Å². The Kier molecular flexibility index (Phi) is 10.7. The van der Waals surface area contributed by atoms with E-state index in [1.807, 2.05) is 19.1 Å². The lowest BCUT2D eigenvalue weighted by Gasteiger charge is -2.25. The van der Waals surface area contributed by atoms with Gasteiger partial charge in [-0.2, -0.15) is 0 Å². The SMILES string of the molecule is COc1ccc(NC(=O)O[C@H](c2ccc(OCCO)cc2)[C@H](C)CC/C=C/C(=O)NO)cc1. The molecule has 9 nitrogen and oxygen atoms in total. The van der Waals surface area contributed by atoms with E-state index in [4.69, 9.17) is 24.5 Å². The summed E-state index contributed by atoms with van der Waals surface area (Å²) in [6.45, 7) is 2.05. The minimum absolute atomic E-state index is 0.0854. The maximum atomic E-state index is 12.6. The molecular weight excluding hydrogens is 428 g/mol. The number of ether oxygens (including phenoxy) is 3. The van der Waals surface area contributed by atoms with E-state index in [1.165, 1.54) is 11.6 Å². The summed E-state index contributed by atoms with van der Waals surface area (Å²) in [5, 5.41) is 20.2. The first-order valence-electron chi connectivity index (χ1n) is 10.5. The fraction of sp³-hybridized carbons (Fsp3) is 0.333. The number of methoxy groups -OCH3 is 1. The molecule has 0 aliphatic heterocycles. The van der Waals surface area contributed by atoms with Crippen LogP contribution in [0.25, 0.3) is 0 Å². The van der Waals surface area contributed by atoms with Crippen molar-refractivity contribution in [3.63, 3.8) is 0 Å².